The first-order valence-corrected chi connectivity index (χ1v) is 8.80. The highest BCUT2D eigenvalue weighted by Gasteiger charge is 2.35. The smallest absolute Gasteiger partial charge is 0.411 e. The summed E-state index contributed by atoms with van der Waals surface area (Å²) in [6, 6.07) is 13.6. The second-order valence-electron chi connectivity index (χ2n) is 5.72. The highest BCUT2D eigenvalue weighted by molar-refractivity contribution is 7.99. The molecule has 24 heavy (non-hydrogen) atoms. The zero-order valence-electron chi connectivity index (χ0n) is 13.0. The zero-order chi connectivity index (χ0) is 17.0. The number of hydrogen-bond donors (Lipinski definition) is 2. The van der Waals surface area contributed by atoms with E-state index in [1.54, 1.807) is 17.8 Å². The lowest BCUT2D eigenvalue weighted by Crippen LogP contribution is -2.26. The van der Waals surface area contributed by atoms with Crippen LogP contribution in [0.1, 0.15) is 17.5 Å². The molecule has 1 aliphatic heterocycles. The van der Waals surface area contributed by atoms with E-state index in [0.29, 0.717) is 17.9 Å². The number of thioether (sulfide) groups is 1. The predicted molar refractivity (Wildman–Crippen MR) is 92.5 cm³/mol. The van der Waals surface area contributed by atoms with E-state index in [4.69, 9.17) is 4.74 Å². The normalized spacial score (nSPS) is 19.9. The van der Waals surface area contributed by atoms with E-state index in [-0.39, 0.29) is 12.2 Å². The van der Waals surface area contributed by atoms with Crippen molar-refractivity contribution in [2.75, 3.05) is 16.8 Å². The number of nitrogens with one attached hydrogen (secondary N) is 1. The van der Waals surface area contributed by atoms with Gasteiger partial charge in [0.05, 0.1) is 0 Å². The van der Waals surface area contributed by atoms with Crippen molar-refractivity contribution in [2.45, 2.75) is 18.6 Å². The molecular weight excluding hydrogens is 329 g/mol. The molecule has 126 valence electrons. The second kappa shape index (κ2) is 7.23. The number of halogens is 1. The SMILES string of the molecule is O=C(Nc1ccc(C2(O)CCSC2)c(F)c1)OCc1ccccc1. The van der Waals surface area contributed by atoms with Crippen LogP contribution in [0.25, 0.3) is 0 Å². The lowest BCUT2D eigenvalue weighted by atomic mass is 9.93. The van der Waals surface area contributed by atoms with E-state index >= 15 is 0 Å². The van der Waals surface area contributed by atoms with E-state index in [9.17, 15) is 14.3 Å². The van der Waals surface area contributed by atoms with Gasteiger partial charge < -0.3 is 9.84 Å². The largest absolute Gasteiger partial charge is 0.444 e. The van der Waals surface area contributed by atoms with Crippen LogP contribution in [0.3, 0.4) is 0 Å². The summed E-state index contributed by atoms with van der Waals surface area (Å²) in [7, 11) is 0. The van der Waals surface area contributed by atoms with Gasteiger partial charge >= 0.3 is 6.09 Å². The number of carbonyl (C=O) groups is 1. The molecule has 4 nitrogen and oxygen atoms in total. The van der Waals surface area contributed by atoms with Crippen LogP contribution < -0.4 is 5.32 Å². The minimum Gasteiger partial charge on any atom is -0.444 e. The highest BCUT2D eigenvalue weighted by Crippen LogP contribution is 2.38. The molecule has 6 heteroatoms. The Morgan fingerprint density at radius 3 is 2.75 bits per heavy atom. The molecule has 3 rings (SSSR count). The number of aliphatic hydroxyl groups is 1. The lowest BCUT2D eigenvalue weighted by molar-refractivity contribution is 0.0619. The topological polar surface area (TPSA) is 58.6 Å². The Bertz CT molecular complexity index is 717. The van der Waals surface area contributed by atoms with Gasteiger partial charge in [0.15, 0.2) is 0 Å². The number of ether oxygens (including phenoxy) is 1. The average Bonchev–Trinajstić information content (AvgIpc) is 3.01. The highest BCUT2D eigenvalue weighted by atomic mass is 32.2. The Labute approximate surface area is 144 Å². The van der Waals surface area contributed by atoms with E-state index in [0.717, 1.165) is 11.3 Å². The molecule has 1 aliphatic rings. The fourth-order valence-electron chi connectivity index (χ4n) is 2.61. The molecule has 1 saturated heterocycles. The quantitative estimate of drug-likeness (QED) is 0.881. The number of carbonyl (C=O) groups excluding carboxylic acids is 1. The van der Waals surface area contributed by atoms with Gasteiger partial charge in [-0.1, -0.05) is 36.4 Å². The number of hydrogen-bond acceptors (Lipinski definition) is 4. The van der Waals surface area contributed by atoms with Gasteiger partial charge in [-0.05, 0) is 29.9 Å². The van der Waals surface area contributed by atoms with Crippen LogP contribution >= 0.6 is 11.8 Å². The molecule has 0 radical (unpaired) electrons. The number of anilines is 1. The molecule has 1 fully saturated rings. The summed E-state index contributed by atoms with van der Waals surface area (Å²) in [5.41, 5.74) is 0.315. The molecule has 0 bridgehead atoms. The van der Waals surface area contributed by atoms with Gasteiger partial charge in [0.25, 0.3) is 0 Å². The van der Waals surface area contributed by atoms with Crippen LogP contribution in [0.15, 0.2) is 48.5 Å². The van der Waals surface area contributed by atoms with Crippen LogP contribution in [0, 0.1) is 5.82 Å². The molecule has 0 aromatic heterocycles. The summed E-state index contributed by atoms with van der Waals surface area (Å²) >= 11 is 1.60. The maximum atomic E-state index is 14.3. The summed E-state index contributed by atoms with van der Waals surface area (Å²) in [6.07, 6.45) is -0.123. The van der Waals surface area contributed by atoms with Gasteiger partial charge in [-0.15, -0.1) is 0 Å². The van der Waals surface area contributed by atoms with Crippen molar-refractivity contribution in [3.63, 3.8) is 0 Å². The summed E-state index contributed by atoms with van der Waals surface area (Å²) < 4.78 is 19.4. The maximum Gasteiger partial charge on any atom is 0.411 e. The average molecular weight is 347 g/mol. The zero-order valence-corrected chi connectivity index (χ0v) is 13.8. The van der Waals surface area contributed by atoms with Crippen LogP contribution in [-0.4, -0.2) is 22.7 Å². The van der Waals surface area contributed by atoms with Crippen molar-refractivity contribution in [3.8, 4) is 0 Å². The third-order valence-corrected chi connectivity index (χ3v) is 5.10. The summed E-state index contributed by atoms with van der Waals surface area (Å²) in [5.74, 6) is 0.762. The first-order valence-electron chi connectivity index (χ1n) is 7.65. The summed E-state index contributed by atoms with van der Waals surface area (Å²) in [4.78, 5) is 11.8. The maximum absolute atomic E-state index is 14.3. The van der Waals surface area contributed by atoms with Gasteiger partial charge in [0.2, 0.25) is 0 Å². The molecule has 2 aromatic carbocycles. The first-order chi connectivity index (χ1) is 11.6. The van der Waals surface area contributed by atoms with Crippen molar-refractivity contribution < 1.29 is 19.0 Å². The van der Waals surface area contributed by atoms with E-state index in [2.05, 4.69) is 5.32 Å². The Morgan fingerprint density at radius 1 is 1.29 bits per heavy atom. The lowest BCUT2D eigenvalue weighted by Gasteiger charge is -2.22. The molecule has 0 spiro atoms. The Morgan fingerprint density at radius 2 is 2.08 bits per heavy atom. The molecule has 2 aromatic rings. The molecule has 1 atom stereocenters. The molecule has 0 saturated carbocycles. The van der Waals surface area contributed by atoms with E-state index in [1.807, 2.05) is 30.3 Å². The minimum absolute atomic E-state index is 0.143. The van der Waals surface area contributed by atoms with Gasteiger partial charge in [0, 0.05) is 17.0 Å². The third kappa shape index (κ3) is 3.88. The van der Waals surface area contributed by atoms with Crippen LogP contribution in [0.2, 0.25) is 0 Å². The molecule has 1 heterocycles. The van der Waals surface area contributed by atoms with Crippen molar-refractivity contribution in [1.82, 2.24) is 0 Å². The van der Waals surface area contributed by atoms with E-state index < -0.39 is 17.5 Å². The second-order valence-corrected chi connectivity index (χ2v) is 6.82. The Hall–Kier alpha value is -2.05. The predicted octanol–water partition coefficient (Wildman–Crippen LogP) is 3.90. The fourth-order valence-corrected chi connectivity index (χ4v) is 3.88. The van der Waals surface area contributed by atoms with Crippen molar-refractivity contribution >= 4 is 23.5 Å². The first kappa shape index (κ1) is 16.8. The van der Waals surface area contributed by atoms with Gasteiger partial charge in [-0.3, -0.25) is 5.32 Å². The van der Waals surface area contributed by atoms with Gasteiger partial charge in [-0.25, -0.2) is 9.18 Å². The standard InChI is InChI=1S/C18H18FNO3S/c19-16-10-14(6-7-15(16)18(22)8-9-24-12-18)20-17(21)23-11-13-4-2-1-3-5-13/h1-7,10,22H,8-9,11-12H2,(H,20,21). The summed E-state index contributed by atoms with van der Waals surface area (Å²) in [6.45, 7) is 0.143. The fraction of sp³-hybridized carbons (Fsp3) is 0.278. The molecule has 1 unspecified atom stereocenters. The summed E-state index contributed by atoms with van der Waals surface area (Å²) in [5, 5.41) is 12.9. The van der Waals surface area contributed by atoms with E-state index in [1.165, 1.54) is 12.1 Å². The number of rotatable bonds is 4. The monoisotopic (exact) mass is 347 g/mol. The van der Waals surface area contributed by atoms with Crippen molar-refractivity contribution in [3.05, 3.63) is 65.5 Å². The Kier molecular flexibility index (Phi) is 5.06. The minimum atomic E-state index is -1.12. The number of benzene rings is 2. The molecule has 1 amide bonds. The Balaban J connectivity index is 1.61. The van der Waals surface area contributed by atoms with Crippen LogP contribution in [0.5, 0.6) is 0 Å². The van der Waals surface area contributed by atoms with Crippen molar-refractivity contribution in [1.29, 1.82) is 0 Å². The van der Waals surface area contributed by atoms with Gasteiger partial charge in [0.1, 0.15) is 18.0 Å². The number of amides is 1. The molecule has 0 aliphatic carbocycles. The van der Waals surface area contributed by atoms with Gasteiger partial charge in [-0.2, -0.15) is 11.8 Å². The van der Waals surface area contributed by atoms with Crippen molar-refractivity contribution in [2.24, 2.45) is 0 Å². The molecule has 2 N–H and O–H groups in total. The molecular formula is C18H18FNO3S. The van der Waals surface area contributed by atoms with Crippen LogP contribution in [0.4, 0.5) is 14.9 Å². The third-order valence-electron chi connectivity index (χ3n) is 3.93. The van der Waals surface area contributed by atoms with Crippen LogP contribution in [-0.2, 0) is 16.9 Å².